The van der Waals surface area contributed by atoms with Crippen molar-refractivity contribution in [2.24, 2.45) is 0 Å². The van der Waals surface area contributed by atoms with Crippen LogP contribution in [0.1, 0.15) is 24.6 Å². The van der Waals surface area contributed by atoms with Crippen molar-refractivity contribution in [1.82, 2.24) is 15.0 Å². The molecule has 0 bridgehead atoms. The van der Waals surface area contributed by atoms with Crippen molar-refractivity contribution in [1.29, 1.82) is 0 Å². The molecule has 0 aromatic carbocycles. The fourth-order valence-electron chi connectivity index (χ4n) is 1.69. The molecule has 0 saturated carbocycles. The lowest BCUT2D eigenvalue weighted by atomic mass is 10.3. The van der Waals surface area contributed by atoms with Crippen molar-refractivity contribution >= 4 is 5.95 Å². The zero-order valence-electron chi connectivity index (χ0n) is 12.0. The Kier molecular flexibility index (Phi) is 5.29. The topological polar surface area (TPSA) is 59.9 Å². The molecule has 5 heteroatoms. The molecular formula is C15H20N4O. The van der Waals surface area contributed by atoms with Gasteiger partial charge in [-0.3, -0.25) is 4.98 Å². The smallest absolute Gasteiger partial charge is 0.225 e. The van der Waals surface area contributed by atoms with E-state index in [1.54, 1.807) is 12.4 Å². The van der Waals surface area contributed by atoms with Crippen molar-refractivity contribution in [3.63, 3.8) is 0 Å². The van der Waals surface area contributed by atoms with Gasteiger partial charge in [0.1, 0.15) is 0 Å². The first kappa shape index (κ1) is 14.2. The summed E-state index contributed by atoms with van der Waals surface area (Å²) >= 11 is 0. The van der Waals surface area contributed by atoms with E-state index in [9.17, 15) is 0 Å². The summed E-state index contributed by atoms with van der Waals surface area (Å²) in [5.74, 6) is 1.25. The third-order valence-corrected chi connectivity index (χ3v) is 2.78. The molecule has 0 aliphatic heterocycles. The summed E-state index contributed by atoms with van der Waals surface area (Å²) in [7, 11) is 0. The van der Waals surface area contributed by atoms with E-state index in [-0.39, 0.29) is 0 Å². The molecule has 20 heavy (non-hydrogen) atoms. The van der Waals surface area contributed by atoms with E-state index in [1.165, 1.54) is 0 Å². The molecule has 0 unspecified atom stereocenters. The van der Waals surface area contributed by atoms with Crippen LogP contribution in [0.2, 0.25) is 0 Å². The molecule has 5 nitrogen and oxygen atoms in total. The quantitative estimate of drug-likeness (QED) is 0.839. The predicted molar refractivity (Wildman–Crippen MR) is 79.0 cm³/mol. The molecular weight excluding hydrogens is 252 g/mol. The van der Waals surface area contributed by atoms with Crippen molar-refractivity contribution < 1.29 is 4.74 Å². The van der Waals surface area contributed by atoms with Gasteiger partial charge in [0.05, 0.1) is 6.61 Å². The number of rotatable bonds is 7. The molecule has 2 heterocycles. The number of hydrogen-bond donors (Lipinski definition) is 1. The van der Waals surface area contributed by atoms with E-state index in [4.69, 9.17) is 4.74 Å². The van der Waals surface area contributed by atoms with Gasteiger partial charge in [-0.15, -0.1) is 0 Å². The Morgan fingerprint density at radius 1 is 1.25 bits per heavy atom. The zero-order valence-corrected chi connectivity index (χ0v) is 12.0. The molecule has 106 valence electrons. The zero-order chi connectivity index (χ0) is 14.2. The minimum absolute atomic E-state index is 0.558. The molecule has 0 aliphatic carbocycles. The molecule has 2 aromatic heterocycles. The summed E-state index contributed by atoms with van der Waals surface area (Å²) < 4.78 is 5.73. The lowest BCUT2D eigenvalue weighted by molar-refractivity contribution is 0.305. The van der Waals surface area contributed by atoms with Gasteiger partial charge >= 0.3 is 0 Å². The van der Waals surface area contributed by atoms with Crippen LogP contribution in [0.5, 0.6) is 5.88 Å². The van der Waals surface area contributed by atoms with Crippen LogP contribution in [0.4, 0.5) is 5.95 Å². The third kappa shape index (κ3) is 4.19. The summed E-state index contributed by atoms with van der Waals surface area (Å²) in [4.78, 5) is 12.9. The molecule has 0 atom stereocenters. The highest BCUT2D eigenvalue weighted by molar-refractivity contribution is 5.32. The Labute approximate surface area is 119 Å². The van der Waals surface area contributed by atoms with Crippen LogP contribution in [-0.4, -0.2) is 28.1 Å². The van der Waals surface area contributed by atoms with E-state index < -0.39 is 0 Å². The predicted octanol–water partition coefficient (Wildman–Crippen LogP) is 2.62. The van der Waals surface area contributed by atoms with Crippen molar-refractivity contribution in [3.05, 3.63) is 41.9 Å². The lowest BCUT2D eigenvalue weighted by Crippen LogP contribution is -2.09. The summed E-state index contributed by atoms with van der Waals surface area (Å²) in [6.07, 6.45) is 5.37. The summed E-state index contributed by atoms with van der Waals surface area (Å²) in [6, 6.07) is 5.88. The van der Waals surface area contributed by atoms with Crippen molar-refractivity contribution in [2.75, 3.05) is 18.5 Å². The first-order valence-corrected chi connectivity index (χ1v) is 6.90. The van der Waals surface area contributed by atoms with E-state index >= 15 is 0 Å². The lowest BCUT2D eigenvalue weighted by Gasteiger charge is -2.09. The summed E-state index contributed by atoms with van der Waals surface area (Å²) in [5.41, 5.74) is 1.96. The number of nitrogens with one attached hydrogen (secondary N) is 1. The molecule has 0 fully saturated rings. The third-order valence-electron chi connectivity index (χ3n) is 2.78. The van der Waals surface area contributed by atoms with Gasteiger partial charge < -0.3 is 10.1 Å². The number of aryl methyl sites for hydroxylation is 1. The normalized spacial score (nSPS) is 10.3. The minimum Gasteiger partial charge on any atom is -0.477 e. The number of pyridine rings is 1. The highest BCUT2D eigenvalue weighted by Gasteiger charge is 2.05. The number of ether oxygens (including phenoxy) is 1. The standard InChI is InChI=1S/C15H20N4O/c1-3-8-17-15-18-11-12(2)14(19-15)20-10-7-13-6-4-5-9-16-13/h4-6,9,11H,3,7-8,10H2,1-2H3,(H,17,18,19). The Balaban J connectivity index is 1.91. The van der Waals surface area contributed by atoms with Gasteiger partial charge in [0, 0.05) is 36.6 Å². The maximum Gasteiger partial charge on any atom is 0.225 e. The van der Waals surface area contributed by atoms with Gasteiger partial charge in [0.2, 0.25) is 11.8 Å². The average Bonchev–Trinajstić information content (AvgIpc) is 2.49. The van der Waals surface area contributed by atoms with E-state index in [0.29, 0.717) is 18.4 Å². The molecule has 0 amide bonds. The second kappa shape index (κ2) is 7.43. The van der Waals surface area contributed by atoms with Crippen LogP contribution < -0.4 is 10.1 Å². The van der Waals surface area contributed by atoms with Crippen LogP contribution in [0, 0.1) is 6.92 Å². The highest BCUT2D eigenvalue weighted by Crippen LogP contribution is 2.15. The molecule has 0 saturated heterocycles. The monoisotopic (exact) mass is 272 g/mol. The SMILES string of the molecule is CCCNc1ncc(C)c(OCCc2ccccn2)n1. The minimum atomic E-state index is 0.558. The Morgan fingerprint density at radius 2 is 2.15 bits per heavy atom. The van der Waals surface area contributed by atoms with E-state index in [2.05, 4.69) is 27.2 Å². The molecule has 0 aliphatic rings. The van der Waals surface area contributed by atoms with Crippen LogP contribution in [0.25, 0.3) is 0 Å². The summed E-state index contributed by atoms with van der Waals surface area (Å²) in [6.45, 7) is 5.46. The maximum atomic E-state index is 5.73. The molecule has 2 aromatic rings. The fraction of sp³-hybridized carbons (Fsp3) is 0.400. The average molecular weight is 272 g/mol. The number of nitrogens with zero attached hydrogens (tertiary/aromatic N) is 3. The molecule has 0 radical (unpaired) electrons. The first-order valence-electron chi connectivity index (χ1n) is 6.90. The van der Waals surface area contributed by atoms with Gasteiger partial charge in [0.15, 0.2) is 0 Å². The Morgan fingerprint density at radius 3 is 2.90 bits per heavy atom. The fourth-order valence-corrected chi connectivity index (χ4v) is 1.69. The largest absolute Gasteiger partial charge is 0.477 e. The second-order valence-electron chi connectivity index (χ2n) is 4.53. The van der Waals surface area contributed by atoms with Crippen LogP contribution in [0.15, 0.2) is 30.6 Å². The second-order valence-corrected chi connectivity index (χ2v) is 4.53. The van der Waals surface area contributed by atoms with Crippen LogP contribution in [-0.2, 0) is 6.42 Å². The van der Waals surface area contributed by atoms with E-state index in [1.807, 2.05) is 25.1 Å². The van der Waals surface area contributed by atoms with Gasteiger partial charge in [-0.2, -0.15) is 4.98 Å². The number of hydrogen-bond acceptors (Lipinski definition) is 5. The van der Waals surface area contributed by atoms with Crippen molar-refractivity contribution in [3.8, 4) is 5.88 Å². The van der Waals surface area contributed by atoms with Crippen molar-refractivity contribution in [2.45, 2.75) is 26.7 Å². The Bertz CT molecular complexity index is 531. The maximum absolute atomic E-state index is 5.73. The molecule has 0 spiro atoms. The van der Waals surface area contributed by atoms with Gasteiger partial charge in [-0.1, -0.05) is 13.0 Å². The van der Waals surface area contributed by atoms with Gasteiger partial charge in [-0.25, -0.2) is 4.98 Å². The van der Waals surface area contributed by atoms with E-state index in [0.717, 1.165) is 30.6 Å². The van der Waals surface area contributed by atoms with Crippen LogP contribution in [0.3, 0.4) is 0 Å². The van der Waals surface area contributed by atoms with Gasteiger partial charge in [-0.05, 0) is 25.5 Å². The number of aromatic nitrogens is 3. The molecule has 2 rings (SSSR count). The Hall–Kier alpha value is -2.17. The summed E-state index contributed by atoms with van der Waals surface area (Å²) in [5, 5.41) is 3.16. The van der Waals surface area contributed by atoms with Gasteiger partial charge in [0.25, 0.3) is 0 Å². The van der Waals surface area contributed by atoms with Crippen LogP contribution >= 0.6 is 0 Å². The number of anilines is 1. The molecule has 1 N–H and O–H groups in total. The highest BCUT2D eigenvalue weighted by atomic mass is 16.5. The first-order chi connectivity index (χ1) is 9.79.